The maximum Gasteiger partial charge on any atom is 0.410 e. The summed E-state index contributed by atoms with van der Waals surface area (Å²) in [5.41, 5.74) is 7.81. The van der Waals surface area contributed by atoms with Crippen molar-refractivity contribution in [2.24, 2.45) is 5.73 Å². The lowest BCUT2D eigenvalue weighted by Crippen LogP contribution is -2.41. The zero-order valence-electron chi connectivity index (χ0n) is 19.9. The van der Waals surface area contributed by atoms with E-state index in [1.807, 2.05) is 46.0 Å². The van der Waals surface area contributed by atoms with E-state index in [0.29, 0.717) is 12.6 Å². The van der Waals surface area contributed by atoms with Crippen molar-refractivity contribution in [1.29, 1.82) is 0 Å². The van der Waals surface area contributed by atoms with Gasteiger partial charge in [-0.05, 0) is 62.9 Å². The molecule has 1 amide bonds. The van der Waals surface area contributed by atoms with Crippen LogP contribution < -0.4 is 10.5 Å². The Morgan fingerprint density at radius 1 is 1.16 bits per heavy atom. The van der Waals surface area contributed by atoms with Crippen LogP contribution in [-0.2, 0) is 11.3 Å². The van der Waals surface area contributed by atoms with Crippen LogP contribution in [0.1, 0.15) is 58.4 Å². The number of carbonyl (C=O) groups excluding carboxylic acids is 1. The van der Waals surface area contributed by atoms with Crippen molar-refractivity contribution >= 4 is 6.09 Å². The van der Waals surface area contributed by atoms with Crippen LogP contribution in [0.15, 0.2) is 36.5 Å². The van der Waals surface area contributed by atoms with Crippen LogP contribution in [0.3, 0.4) is 0 Å². The fourth-order valence-corrected chi connectivity index (χ4v) is 3.65. The molecule has 0 bridgehead atoms. The summed E-state index contributed by atoms with van der Waals surface area (Å²) in [4.78, 5) is 17.1. The van der Waals surface area contributed by atoms with Gasteiger partial charge in [-0.3, -0.25) is 0 Å². The minimum Gasteiger partial charge on any atom is -0.496 e. The molecule has 1 aromatic heterocycles. The molecular weight excluding hydrogens is 409 g/mol. The van der Waals surface area contributed by atoms with Gasteiger partial charge in [0.15, 0.2) is 0 Å². The van der Waals surface area contributed by atoms with E-state index in [9.17, 15) is 9.18 Å². The summed E-state index contributed by atoms with van der Waals surface area (Å²) in [6.07, 6.45) is 7.27. The number of halogens is 1. The smallest absolute Gasteiger partial charge is 0.410 e. The zero-order chi connectivity index (χ0) is 23.7. The number of amides is 1. The van der Waals surface area contributed by atoms with Crippen LogP contribution >= 0.6 is 0 Å². The molecule has 7 heteroatoms. The topological polar surface area (TPSA) is 77.7 Å². The third-order valence-electron chi connectivity index (χ3n) is 5.36. The number of hydrogen-bond donors (Lipinski definition) is 1. The second kappa shape index (κ2) is 11.8. The number of nitrogens with zero attached hydrogens (tertiary/aromatic N) is 2. The molecule has 176 valence electrons. The van der Waals surface area contributed by atoms with Crippen molar-refractivity contribution in [3.63, 3.8) is 0 Å². The summed E-state index contributed by atoms with van der Waals surface area (Å²) in [5, 5.41) is 0. The Labute approximate surface area is 190 Å². The fourth-order valence-electron chi connectivity index (χ4n) is 3.65. The molecule has 0 radical (unpaired) electrons. The van der Waals surface area contributed by atoms with Crippen LogP contribution in [-0.4, -0.2) is 41.8 Å². The van der Waals surface area contributed by atoms with Crippen molar-refractivity contribution in [2.75, 3.05) is 14.2 Å². The van der Waals surface area contributed by atoms with Crippen LogP contribution in [0.4, 0.5) is 9.18 Å². The van der Waals surface area contributed by atoms with E-state index in [1.54, 1.807) is 18.1 Å². The average molecular weight is 446 g/mol. The number of aromatic nitrogens is 1. The van der Waals surface area contributed by atoms with E-state index in [1.165, 1.54) is 31.5 Å². The Kier molecular flexibility index (Phi) is 9.44. The Morgan fingerprint density at radius 3 is 2.38 bits per heavy atom. The van der Waals surface area contributed by atoms with E-state index in [4.69, 9.17) is 15.2 Å². The molecule has 1 aromatic carbocycles. The molecule has 0 atom stereocenters. The average Bonchev–Trinajstić information content (AvgIpc) is 2.78. The van der Waals surface area contributed by atoms with Crippen LogP contribution in [0.2, 0.25) is 0 Å². The summed E-state index contributed by atoms with van der Waals surface area (Å²) in [6, 6.07) is 9.12. The van der Waals surface area contributed by atoms with Crippen LogP contribution in [0, 0.1) is 5.95 Å². The van der Waals surface area contributed by atoms with Crippen molar-refractivity contribution in [1.82, 2.24) is 9.88 Å². The molecule has 1 aliphatic rings. The standard InChI is InChI=1S/C13H13FN2O.C12H23NO2/c1-17-12-3-2-9(6-11(12)8-15)10-4-5-16-13(14)7-10;1-12(2,3)15-11(14)13(4)10-8-6-5-7-9-10/h2-7H,8,15H2,1H3;10H,5-9H2,1-4H3. The van der Waals surface area contributed by atoms with E-state index in [0.717, 1.165) is 35.3 Å². The zero-order valence-corrected chi connectivity index (χ0v) is 19.9. The van der Waals surface area contributed by atoms with E-state index in [-0.39, 0.29) is 11.7 Å². The van der Waals surface area contributed by atoms with Gasteiger partial charge in [-0.2, -0.15) is 4.39 Å². The minimum absolute atomic E-state index is 0.186. The largest absolute Gasteiger partial charge is 0.496 e. The molecule has 1 saturated carbocycles. The summed E-state index contributed by atoms with van der Waals surface area (Å²) in [6.45, 7) is 6.09. The molecule has 0 unspecified atom stereocenters. The highest BCUT2D eigenvalue weighted by atomic mass is 19.1. The van der Waals surface area contributed by atoms with Gasteiger partial charge in [-0.25, -0.2) is 9.78 Å². The molecule has 0 spiro atoms. The third kappa shape index (κ3) is 7.79. The van der Waals surface area contributed by atoms with Gasteiger partial charge in [0.05, 0.1) is 7.11 Å². The number of methoxy groups -OCH3 is 1. The van der Waals surface area contributed by atoms with Gasteiger partial charge in [0, 0.05) is 37.5 Å². The first-order valence-corrected chi connectivity index (χ1v) is 11.1. The molecule has 6 nitrogen and oxygen atoms in total. The van der Waals surface area contributed by atoms with Crippen LogP contribution in [0.5, 0.6) is 5.75 Å². The lowest BCUT2D eigenvalue weighted by atomic mass is 9.95. The monoisotopic (exact) mass is 445 g/mol. The van der Waals surface area contributed by atoms with E-state index in [2.05, 4.69) is 4.98 Å². The Hall–Kier alpha value is -2.67. The van der Waals surface area contributed by atoms with E-state index < -0.39 is 5.95 Å². The van der Waals surface area contributed by atoms with Crippen molar-refractivity contribution in [2.45, 2.75) is 71.1 Å². The molecule has 3 rings (SSSR count). The summed E-state index contributed by atoms with van der Waals surface area (Å²) in [5.74, 6) is 0.249. The number of ether oxygens (including phenoxy) is 2. The highest BCUT2D eigenvalue weighted by Crippen LogP contribution is 2.26. The highest BCUT2D eigenvalue weighted by Gasteiger charge is 2.26. The molecule has 32 heavy (non-hydrogen) atoms. The first kappa shape index (κ1) is 25.6. The fraction of sp³-hybridized carbons (Fsp3) is 0.520. The summed E-state index contributed by atoms with van der Waals surface area (Å²) < 4.78 is 23.5. The first-order valence-electron chi connectivity index (χ1n) is 11.1. The van der Waals surface area contributed by atoms with Gasteiger partial charge < -0.3 is 20.1 Å². The number of rotatable bonds is 4. The normalized spacial score (nSPS) is 14.2. The second-order valence-electron chi connectivity index (χ2n) is 8.98. The highest BCUT2D eigenvalue weighted by molar-refractivity contribution is 5.68. The van der Waals surface area contributed by atoms with Gasteiger partial charge in [0.25, 0.3) is 0 Å². The summed E-state index contributed by atoms with van der Waals surface area (Å²) in [7, 11) is 3.45. The number of hydrogen-bond acceptors (Lipinski definition) is 5. The van der Waals surface area contributed by atoms with Crippen molar-refractivity contribution < 1.29 is 18.7 Å². The second-order valence-corrected chi connectivity index (χ2v) is 8.98. The lowest BCUT2D eigenvalue weighted by Gasteiger charge is -2.32. The van der Waals surface area contributed by atoms with Gasteiger partial charge in [0.2, 0.25) is 5.95 Å². The lowest BCUT2D eigenvalue weighted by molar-refractivity contribution is 0.0189. The SMILES string of the molecule is CN(C(=O)OC(C)(C)C)C1CCCCC1.COc1ccc(-c2ccnc(F)c2)cc1CN. The maximum absolute atomic E-state index is 13.0. The van der Waals surface area contributed by atoms with Crippen LogP contribution in [0.25, 0.3) is 11.1 Å². The first-order chi connectivity index (χ1) is 15.1. The quantitative estimate of drug-likeness (QED) is 0.625. The molecule has 0 saturated heterocycles. The molecule has 1 heterocycles. The predicted octanol–water partition coefficient (Wildman–Crippen LogP) is 5.54. The predicted molar refractivity (Wildman–Crippen MR) is 125 cm³/mol. The number of pyridine rings is 1. The van der Waals surface area contributed by atoms with Gasteiger partial charge in [0.1, 0.15) is 11.4 Å². The Bertz CT molecular complexity index is 877. The van der Waals surface area contributed by atoms with Gasteiger partial charge in [-0.1, -0.05) is 25.3 Å². The molecule has 2 N–H and O–H groups in total. The molecule has 2 aromatic rings. The Balaban J connectivity index is 0.000000229. The van der Waals surface area contributed by atoms with Gasteiger partial charge in [-0.15, -0.1) is 0 Å². The Morgan fingerprint density at radius 2 is 1.81 bits per heavy atom. The van der Waals surface area contributed by atoms with Crippen molar-refractivity contribution in [3.05, 3.63) is 48.0 Å². The van der Waals surface area contributed by atoms with Crippen molar-refractivity contribution in [3.8, 4) is 16.9 Å². The molecular formula is C25H36FN3O3. The third-order valence-corrected chi connectivity index (χ3v) is 5.36. The number of carbonyl (C=O) groups is 1. The summed E-state index contributed by atoms with van der Waals surface area (Å²) >= 11 is 0. The molecule has 1 fully saturated rings. The number of benzene rings is 1. The van der Waals surface area contributed by atoms with Gasteiger partial charge >= 0.3 is 6.09 Å². The molecule has 1 aliphatic carbocycles. The molecule has 0 aliphatic heterocycles. The van der Waals surface area contributed by atoms with E-state index >= 15 is 0 Å². The maximum atomic E-state index is 13.0. The minimum atomic E-state index is -0.493. The number of nitrogens with two attached hydrogens (primary N) is 1.